The predicted octanol–water partition coefficient (Wildman–Crippen LogP) is 1.99. The molecule has 4 heteroatoms. The van der Waals surface area contributed by atoms with Gasteiger partial charge in [0.2, 0.25) is 0 Å². The zero-order valence-electron chi connectivity index (χ0n) is 6.20. The number of benzene rings is 1. The van der Waals surface area contributed by atoms with Gasteiger partial charge in [-0.1, -0.05) is 0 Å². The van der Waals surface area contributed by atoms with Crippen molar-refractivity contribution < 1.29 is 0 Å². The molecule has 0 aromatic heterocycles. The normalized spacial score (nSPS) is 8.82. The quantitative estimate of drug-likeness (QED) is 0.526. The van der Waals surface area contributed by atoms with Crippen LogP contribution in [0.25, 0.3) is 0 Å². The highest BCUT2D eigenvalue weighted by Crippen LogP contribution is 2.24. The van der Waals surface area contributed by atoms with E-state index in [4.69, 9.17) is 11.5 Å². The minimum atomic E-state index is 0. The Kier molecular flexibility index (Phi) is 4.15. The van der Waals surface area contributed by atoms with Crippen LogP contribution >= 0.6 is 24.2 Å². The van der Waals surface area contributed by atoms with Crippen molar-refractivity contribution in [1.29, 1.82) is 0 Å². The van der Waals surface area contributed by atoms with E-state index < -0.39 is 0 Å². The molecular formula is C7H11ClN2S. The minimum Gasteiger partial charge on any atom is -0.399 e. The molecule has 0 heterocycles. The highest BCUT2D eigenvalue weighted by molar-refractivity contribution is 7.98. The first-order valence-electron chi connectivity index (χ1n) is 2.93. The third-order valence-corrected chi connectivity index (χ3v) is 2.05. The van der Waals surface area contributed by atoms with Gasteiger partial charge in [-0.2, -0.15) is 0 Å². The first-order chi connectivity index (χ1) is 4.74. The Labute approximate surface area is 76.8 Å². The van der Waals surface area contributed by atoms with Crippen LogP contribution in [0.15, 0.2) is 23.1 Å². The largest absolute Gasteiger partial charge is 0.399 e. The smallest absolute Gasteiger partial charge is 0.0453 e. The molecule has 0 radical (unpaired) electrons. The fourth-order valence-corrected chi connectivity index (χ4v) is 1.29. The molecule has 0 aliphatic carbocycles. The third kappa shape index (κ3) is 2.52. The SMILES string of the molecule is CSc1cc(N)ccc1N.Cl. The summed E-state index contributed by atoms with van der Waals surface area (Å²) in [5, 5.41) is 0. The van der Waals surface area contributed by atoms with Gasteiger partial charge in [0.25, 0.3) is 0 Å². The van der Waals surface area contributed by atoms with E-state index in [1.54, 1.807) is 17.8 Å². The number of rotatable bonds is 1. The van der Waals surface area contributed by atoms with Crippen LogP contribution in [-0.4, -0.2) is 6.26 Å². The summed E-state index contributed by atoms with van der Waals surface area (Å²) < 4.78 is 0. The summed E-state index contributed by atoms with van der Waals surface area (Å²) in [4.78, 5) is 1.04. The van der Waals surface area contributed by atoms with Crippen LogP contribution in [0, 0.1) is 0 Å². The van der Waals surface area contributed by atoms with E-state index in [1.807, 2.05) is 18.4 Å². The van der Waals surface area contributed by atoms with Crippen molar-refractivity contribution in [2.75, 3.05) is 17.7 Å². The Morgan fingerprint density at radius 1 is 1.27 bits per heavy atom. The topological polar surface area (TPSA) is 52.0 Å². The lowest BCUT2D eigenvalue weighted by Gasteiger charge is -2.01. The molecule has 0 amide bonds. The Balaban J connectivity index is 0.000001000. The van der Waals surface area contributed by atoms with Crippen molar-refractivity contribution in [3.8, 4) is 0 Å². The molecule has 1 aromatic carbocycles. The second kappa shape index (κ2) is 4.36. The molecular weight excluding hydrogens is 180 g/mol. The van der Waals surface area contributed by atoms with E-state index in [2.05, 4.69) is 0 Å². The van der Waals surface area contributed by atoms with Crippen LogP contribution in [0.4, 0.5) is 11.4 Å². The van der Waals surface area contributed by atoms with Crippen LogP contribution in [0.3, 0.4) is 0 Å². The zero-order valence-corrected chi connectivity index (χ0v) is 7.84. The van der Waals surface area contributed by atoms with Gasteiger partial charge >= 0.3 is 0 Å². The molecule has 62 valence electrons. The molecule has 1 aromatic rings. The second-order valence-corrected chi connectivity index (χ2v) is 2.85. The Bertz CT molecular complexity index is 240. The van der Waals surface area contributed by atoms with E-state index in [0.29, 0.717) is 0 Å². The van der Waals surface area contributed by atoms with E-state index in [-0.39, 0.29) is 12.4 Å². The number of hydrogen-bond acceptors (Lipinski definition) is 3. The fraction of sp³-hybridized carbons (Fsp3) is 0.143. The molecule has 0 aliphatic rings. The van der Waals surface area contributed by atoms with Crippen LogP contribution in [0.5, 0.6) is 0 Å². The molecule has 0 bridgehead atoms. The number of nitrogen functional groups attached to an aromatic ring is 2. The fourth-order valence-electron chi connectivity index (χ4n) is 0.728. The van der Waals surface area contributed by atoms with Gasteiger partial charge < -0.3 is 11.5 Å². The average Bonchev–Trinajstić information content (AvgIpc) is 1.94. The van der Waals surface area contributed by atoms with Gasteiger partial charge in [-0.25, -0.2) is 0 Å². The number of anilines is 2. The minimum absolute atomic E-state index is 0. The van der Waals surface area contributed by atoms with Gasteiger partial charge in [0.1, 0.15) is 0 Å². The summed E-state index contributed by atoms with van der Waals surface area (Å²) in [6.45, 7) is 0. The van der Waals surface area contributed by atoms with Crippen LogP contribution in [-0.2, 0) is 0 Å². The number of halogens is 1. The van der Waals surface area contributed by atoms with Crippen molar-refractivity contribution >= 4 is 35.5 Å². The first-order valence-corrected chi connectivity index (χ1v) is 4.15. The maximum Gasteiger partial charge on any atom is 0.0453 e. The molecule has 1 rings (SSSR count). The van der Waals surface area contributed by atoms with Crippen LogP contribution in [0.2, 0.25) is 0 Å². The summed E-state index contributed by atoms with van der Waals surface area (Å²) >= 11 is 1.60. The van der Waals surface area contributed by atoms with Gasteiger partial charge in [0.15, 0.2) is 0 Å². The molecule has 0 spiro atoms. The maximum absolute atomic E-state index is 5.62. The van der Waals surface area contributed by atoms with Crippen molar-refractivity contribution in [2.45, 2.75) is 4.90 Å². The number of thioether (sulfide) groups is 1. The Morgan fingerprint density at radius 2 is 1.91 bits per heavy atom. The van der Waals surface area contributed by atoms with Crippen molar-refractivity contribution in [3.63, 3.8) is 0 Å². The number of hydrogen-bond donors (Lipinski definition) is 2. The highest BCUT2D eigenvalue weighted by atomic mass is 35.5. The summed E-state index contributed by atoms with van der Waals surface area (Å²) in [6, 6.07) is 5.50. The molecule has 0 saturated heterocycles. The van der Waals surface area contributed by atoms with Crippen molar-refractivity contribution in [3.05, 3.63) is 18.2 Å². The predicted molar refractivity (Wildman–Crippen MR) is 54.3 cm³/mol. The lowest BCUT2D eigenvalue weighted by atomic mass is 10.3. The average molecular weight is 191 g/mol. The van der Waals surface area contributed by atoms with Gasteiger partial charge in [0, 0.05) is 16.3 Å². The molecule has 0 atom stereocenters. The maximum atomic E-state index is 5.62. The van der Waals surface area contributed by atoms with E-state index >= 15 is 0 Å². The van der Waals surface area contributed by atoms with Gasteiger partial charge in [0.05, 0.1) is 0 Å². The molecule has 0 fully saturated rings. The summed E-state index contributed by atoms with van der Waals surface area (Å²) in [6.07, 6.45) is 1.98. The Hall–Kier alpha value is -0.540. The van der Waals surface area contributed by atoms with Crippen molar-refractivity contribution in [2.24, 2.45) is 0 Å². The lowest BCUT2D eigenvalue weighted by Crippen LogP contribution is -1.90. The van der Waals surface area contributed by atoms with E-state index in [0.717, 1.165) is 16.3 Å². The van der Waals surface area contributed by atoms with Gasteiger partial charge in [-0.15, -0.1) is 24.2 Å². The van der Waals surface area contributed by atoms with Gasteiger partial charge in [-0.05, 0) is 24.5 Å². The van der Waals surface area contributed by atoms with Crippen LogP contribution in [0.1, 0.15) is 0 Å². The first kappa shape index (κ1) is 10.5. The monoisotopic (exact) mass is 190 g/mol. The summed E-state index contributed by atoms with van der Waals surface area (Å²) in [5.74, 6) is 0. The number of nitrogens with two attached hydrogens (primary N) is 2. The standard InChI is InChI=1S/C7H10N2S.ClH/c1-10-7-4-5(8)2-3-6(7)9;/h2-4H,8-9H2,1H3;1H. The zero-order chi connectivity index (χ0) is 7.56. The van der Waals surface area contributed by atoms with E-state index in [9.17, 15) is 0 Å². The van der Waals surface area contributed by atoms with Crippen molar-refractivity contribution in [1.82, 2.24) is 0 Å². The lowest BCUT2D eigenvalue weighted by molar-refractivity contribution is 1.47. The Morgan fingerprint density at radius 3 is 2.36 bits per heavy atom. The molecule has 0 saturated carbocycles. The second-order valence-electron chi connectivity index (χ2n) is 2.00. The summed E-state index contributed by atoms with van der Waals surface area (Å²) in [5.41, 5.74) is 12.7. The van der Waals surface area contributed by atoms with Gasteiger partial charge in [-0.3, -0.25) is 0 Å². The molecule has 4 N–H and O–H groups in total. The highest BCUT2D eigenvalue weighted by Gasteiger charge is 1.95. The molecule has 0 unspecified atom stereocenters. The molecule has 0 aliphatic heterocycles. The summed E-state index contributed by atoms with van der Waals surface area (Å²) in [7, 11) is 0. The molecule has 11 heavy (non-hydrogen) atoms. The molecule has 2 nitrogen and oxygen atoms in total. The van der Waals surface area contributed by atoms with Crippen LogP contribution < -0.4 is 11.5 Å². The third-order valence-electron chi connectivity index (χ3n) is 1.26. The van der Waals surface area contributed by atoms with E-state index in [1.165, 1.54) is 0 Å².